The molecule has 0 radical (unpaired) electrons. The maximum Gasteiger partial charge on any atom is 0.191 e. The molecule has 1 fully saturated rings. The average molecular weight is 361 g/mol. The number of nitrogens with zero attached hydrogens (tertiary/aromatic N) is 3. The summed E-state index contributed by atoms with van der Waals surface area (Å²) in [5, 5.41) is 15.9. The molecule has 0 spiro atoms. The van der Waals surface area contributed by atoms with Crippen molar-refractivity contribution in [2.24, 2.45) is 4.99 Å². The van der Waals surface area contributed by atoms with E-state index in [2.05, 4.69) is 63.9 Å². The first-order chi connectivity index (χ1) is 13.2. The summed E-state index contributed by atoms with van der Waals surface area (Å²) in [6, 6.07) is 21.3. The molecule has 1 aliphatic heterocycles. The average Bonchev–Trinajstić information content (AvgIpc) is 3.05. The maximum absolute atomic E-state index is 9.02. The topological polar surface area (TPSA) is 63.5 Å². The zero-order chi connectivity index (χ0) is 19.1. The molecule has 1 aliphatic rings. The minimum Gasteiger partial charge on any atom is -0.352 e. The van der Waals surface area contributed by atoms with Gasteiger partial charge in [-0.2, -0.15) is 5.26 Å². The largest absolute Gasteiger partial charge is 0.352 e. The van der Waals surface area contributed by atoms with Crippen molar-refractivity contribution in [2.45, 2.75) is 38.5 Å². The second-order valence-corrected chi connectivity index (χ2v) is 7.08. The Balaban J connectivity index is 1.52. The van der Waals surface area contributed by atoms with Crippen LogP contribution in [0, 0.1) is 11.3 Å². The normalized spacial score (nSPS) is 20.3. The molecular formula is C22H27N5. The molecule has 0 amide bonds. The molecule has 2 N–H and O–H groups in total. The molecule has 5 heteroatoms. The highest BCUT2D eigenvalue weighted by molar-refractivity contribution is 5.80. The van der Waals surface area contributed by atoms with Gasteiger partial charge in [-0.15, -0.1) is 0 Å². The maximum atomic E-state index is 9.02. The van der Waals surface area contributed by atoms with Gasteiger partial charge in [0.25, 0.3) is 0 Å². The first-order valence-corrected chi connectivity index (χ1v) is 9.42. The Morgan fingerprint density at radius 1 is 1.19 bits per heavy atom. The number of likely N-dealkylation sites (tertiary alicyclic amines) is 1. The van der Waals surface area contributed by atoms with Gasteiger partial charge in [0.1, 0.15) is 0 Å². The van der Waals surface area contributed by atoms with Crippen molar-refractivity contribution in [2.75, 3.05) is 13.6 Å². The zero-order valence-corrected chi connectivity index (χ0v) is 16.0. The van der Waals surface area contributed by atoms with Gasteiger partial charge in [-0.05, 0) is 36.6 Å². The zero-order valence-electron chi connectivity index (χ0n) is 16.0. The fourth-order valence-electron chi connectivity index (χ4n) is 3.57. The monoisotopic (exact) mass is 361 g/mol. The Morgan fingerprint density at radius 2 is 1.96 bits per heavy atom. The number of nitrogens with one attached hydrogen (secondary N) is 2. The lowest BCUT2D eigenvalue weighted by Crippen LogP contribution is -2.44. The van der Waals surface area contributed by atoms with Crippen LogP contribution in [0.25, 0.3) is 0 Å². The van der Waals surface area contributed by atoms with Crippen LogP contribution >= 0.6 is 0 Å². The predicted octanol–water partition coefficient (Wildman–Crippen LogP) is 2.89. The first kappa shape index (κ1) is 18.9. The van der Waals surface area contributed by atoms with Gasteiger partial charge in [-0.3, -0.25) is 9.89 Å². The van der Waals surface area contributed by atoms with Crippen molar-refractivity contribution < 1.29 is 0 Å². The molecule has 1 saturated heterocycles. The Bertz CT molecular complexity index is 809. The lowest BCUT2D eigenvalue weighted by Gasteiger charge is -2.21. The third-order valence-electron chi connectivity index (χ3n) is 5.01. The van der Waals surface area contributed by atoms with Crippen molar-refractivity contribution in [1.82, 2.24) is 15.5 Å². The molecule has 2 aromatic rings. The van der Waals surface area contributed by atoms with E-state index in [0.717, 1.165) is 31.0 Å². The van der Waals surface area contributed by atoms with Crippen LogP contribution in [0.15, 0.2) is 59.6 Å². The second-order valence-electron chi connectivity index (χ2n) is 7.08. The number of rotatable bonds is 5. The molecular weight excluding hydrogens is 334 g/mol. The summed E-state index contributed by atoms with van der Waals surface area (Å²) in [5.74, 6) is 0.802. The fourth-order valence-corrected chi connectivity index (χ4v) is 3.57. The van der Waals surface area contributed by atoms with Crippen molar-refractivity contribution >= 4 is 5.96 Å². The SMILES string of the molecule is CN=C(NCc1cccc(C#N)c1)NC1CC(C)N(Cc2ccccc2)C1. The minimum atomic E-state index is 0.375. The van der Waals surface area contributed by atoms with Gasteiger partial charge in [0.2, 0.25) is 0 Å². The Kier molecular flexibility index (Phi) is 6.45. The molecule has 140 valence electrons. The molecule has 2 atom stereocenters. The number of hydrogen-bond donors (Lipinski definition) is 2. The minimum absolute atomic E-state index is 0.375. The van der Waals surface area contributed by atoms with Crippen LogP contribution in [0.5, 0.6) is 0 Å². The molecule has 27 heavy (non-hydrogen) atoms. The van der Waals surface area contributed by atoms with Gasteiger partial charge in [0.15, 0.2) is 5.96 Å². The van der Waals surface area contributed by atoms with Crippen LogP contribution in [-0.4, -0.2) is 36.5 Å². The predicted molar refractivity (Wildman–Crippen MR) is 109 cm³/mol. The lowest BCUT2D eigenvalue weighted by molar-refractivity contribution is 0.258. The van der Waals surface area contributed by atoms with Crippen molar-refractivity contribution in [3.63, 3.8) is 0 Å². The molecule has 5 nitrogen and oxygen atoms in total. The van der Waals surface area contributed by atoms with E-state index in [1.165, 1.54) is 5.56 Å². The quantitative estimate of drug-likeness (QED) is 0.635. The summed E-state index contributed by atoms with van der Waals surface area (Å²) in [7, 11) is 1.79. The highest BCUT2D eigenvalue weighted by Gasteiger charge is 2.29. The number of nitriles is 1. The van der Waals surface area contributed by atoms with E-state index in [1.54, 1.807) is 7.05 Å². The van der Waals surface area contributed by atoms with E-state index >= 15 is 0 Å². The fraction of sp³-hybridized carbons (Fsp3) is 0.364. The molecule has 0 aromatic heterocycles. The second kappa shape index (κ2) is 9.20. The third-order valence-corrected chi connectivity index (χ3v) is 5.01. The van der Waals surface area contributed by atoms with Gasteiger partial charge in [-0.25, -0.2) is 0 Å². The summed E-state index contributed by atoms with van der Waals surface area (Å²) in [4.78, 5) is 6.86. The van der Waals surface area contributed by atoms with Gasteiger partial charge in [-0.1, -0.05) is 42.5 Å². The van der Waals surface area contributed by atoms with Crippen LogP contribution in [0.3, 0.4) is 0 Å². The number of benzene rings is 2. The number of hydrogen-bond acceptors (Lipinski definition) is 3. The Hall–Kier alpha value is -2.84. The Morgan fingerprint density at radius 3 is 2.70 bits per heavy atom. The van der Waals surface area contributed by atoms with E-state index in [0.29, 0.717) is 24.2 Å². The van der Waals surface area contributed by atoms with Gasteiger partial charge in [0.05, 0.1) is 11.6 Å². The third kappa shape index (κ3) is 5.32. The molecule has 3 rings (SSSR count). The van der Waals surface area contributed by atoms with E-state index in [-0.39, 0.29) is 0 Å². The Labute approximate surface area is 161 Å². The van der Waals surface area contributed by atoms with Crippen molar-refractivity contribution in [3.05, 3.63) is 71.3 Å². The van der Waals surface area contributed by atoms with Gasteiger partial charge >= 0.3 is 0 Å². The molecule has 1 heterocycles. The van der Waals surface area contributed by atoms with Gasteiger partial charge < -0.3 is 10.6 Å². The lowest BCUT2D eigenvalue weighted by atomic mass is 10.1. The van der Waals surface area contributed by atoms with Gasteiger partial charge in [0, 0.05) is 38.8 Å². The summed E-state index contributed by atoms with van der Waals surface area (Å²) in [6.45, 7) is 4.91. The van der Waals surface area contributed by atoms with E-state index in [1.807, 2.05) is 24.3 Å². The standard InChI is InChI=1S/C22H27N5/c1-17-11-21(16-27(17)15-18-7-4-3-5-8-18)26-22(24-2)25-14-20-10-6-9-19(12-20)13-23/h3-10,12,17,21H,11,14-16H2,1-2H3,(H2,24,25,26). The smallest absolute Gasteiger partial charge is 0.191 e. The number of guanidine groups is 1. The van der Waals surface area contributed by atoms with Crippen LogP contribution in [0.4, 0.5) is 0 Å². The van der Waals surface area contributed by atoms with E-state index < -0.39 is 0 Å². The van der Waals surface area contributed by atoms with Crippen molar-refractivity contribution in [1.29, 1.82) is 5.26 Å². The van der Waals surface area contributed by atoms with Crippen LogP contribution in [0.1, 0.15) is 30.0 Å². The summed E-state index contributed by atoms with van der Waals surface area (Å²) in [6.07, 6.45) is 1.09. The van der Waals surface area contributed by atoms with Crippen molar-refractivity contribution in [3.8, 4) is 6.07 Å². The van der Waals surface area contributed by atoms with E-state index in [9.17, 15) is 0 Å². The molecule has 2 unspecified atom stereocenters. The first-order valence-electron chi connectivity index (χ1n) is 9.42. The summed E-state index contributed by atoms with van der Waals surface area (Å²) in [5.41, 5.74) is 3.10. The van der Waals surface area contributed by atoms with Crippen LogP contribution in [-0.2, 0) is 13.1 Å². The highest BCUT2D eigenvalue weighted by atomic mass is 15.3. The molecule has 2 aromatic carbocycles. The van der Waals surface area contributed by atoms with Crippen LogP contribution < -0.4 is 10.6 Å². The highest BCUT2D eigenvalue weighted by Crippen LogP contribution is 2.20. The molecule has 0 saturated carbocycles. The summed E-state index contributed by atoms with van der Waals surface area (Å²) >= 11 is 0. The molecule has 0 bridgehead atoms. The summed E-state index contributed by atoms with van der Waals surface area (Å²) < 4.78 is 0. The van der Waals surface area contributed by atoms with E-state index in [4.69, 9.17) is 5.26 Å². The molecule has 0 aliphatic carbocycles. The number of aliphatic imine (C=N–C) groups is 1. The van der Waals surface area contributed by atoms with Crippen LogP contribution in [0.2, 0.25) is 0 Å².